The van der Waals surface area contributed by atoms with Gasteiger partial charge in [-0.2, -0.15) is 0 Å². The number of aliphatic imine (C=N–C) groups is 1. The van der Waals surface area contributed by atoms with Crippen molar-refractivity contribution in [3.8, 4) is 0 Å². The molecule has 1 unspecified atom stereocenters. The predicted octanol–water partition coefficient (Wildman–Crippen LogP) is 1.14. The van der Waals surface area contributed by atoms with E-state index in [-0.39, 0.29) is 5.54 Å². The monoisotopic (exact) mass is 156 g/mol. The highest BCUT2D eigenvalue weighted by atomic mass is 16.5. The second-order valence-electron chi connectivity index (χ2n) is 3.56. The zero-order chi connectivity index (χ0) is 8.48. The molecular weight excluding hydrogens is 140 g/mol. The molecule has 0 saturated heterocycles. The molecule has 3 heteroatoms. The Morgan fingerprint density at radius 2 is 2.27 bits per heavy atom. The summed E-state index contributed by atoms with van der Waals surface area (Å²) in [5.41, 5.74) is 5.46. The highest BCUT2D eigenvalue weighted by molar-refractivity contribution is 5.72. The fraction of sp³-hybridized carbons (Fsp3) is 0.875. The number of ether oxygens (including phenoxy) is 1. The molecule has 0 bridgehead atoms. The summed E-state index contributed by atoms with van der Waals surface area (Å²) in [6.07, 6.45) is 0.964. The molecule has 0 amide bonds. The van der Waals surface area contributed by atoms with Crippen LogP contribution in [0.25, 0.3) is 0 Å². The molecule has 1 rings (SSSR count). The van der Waals surface area contributed by atoms with Crippen LogP contribution in [0.5, 0.6) is 0 Å². The maximum atomic E-state index is 5.48. The second-order valence-corrected chi connectivity index (χ2v) is 3.56. The van der Waals surface area contributed by atoms with Crippen LogP contribution in [0.1, 0.15) is 27.2 Å². The van der Waals surface area contributed by atoms with Crippen molar-refractivity contribution in [3.63, 3.8) is 0 Å². The summed E-state index contributed by atoms with van der Waals surface area (Å²) in [7, 11) is 0. The fourth-order valence-corrected chi connectivity index (χ4v) is 1.12. The van der Waals surface area contributed by atoms with Gasteiger partial charge < -0.3 is 10.5 Å². The number of amidine groups is 1. The minimum absolute atomic E-state index is 0.0116. The number of rotatable bonds is 1. The summed E-state index contributed by atoms with van der Waals surface area (Å²) >= 11 is 0. The Hall–Kier alpha value is -0.730. The predicted molar refractivity (Wildman–Crippen MR) is 45.4 cm³/mol. The molecule has 0 fully saturated rings. The van der Waals surface area contributed by atoms with E-state index < -0.39 is 0 Å². The third kappa shape index (κ3) is 1.64. The van der Waals surface area contributed by atoms with Gasteiger partial charge in [-0.3, -0.25) is 0 Å². The van der Waals surface area contributed by atoms with Crippen molar-refractivity contribution in [2.24, 2.45) is 16.6 Å². The number of hydrogen-bond acceptors (Lipinski definition) is 3. The van der Waals surface area contributed by atoms with Gasteiger partial charge in [0.1, 0.15) is 0 Å². The van der Waals surface area contributed by atoms with Gasteiger partial charge in [-0.15, -0.1) is 0 Å². The summed E-state index contributed by atoms with van der Waals surface area (Å²) in [5, 5.41) is 0. The van der Waals surface area contributed by atoms with E-state index in [1.165, 1.54) is 0 Å². The smallest absolute Gasteiger partial charge is 0.282 e. The lowest BCUT2D eigenvalue weighted by Crippen LogP contribution is -2.39. The summed E-state index contributed by atoms with van der Waals surface area (Å²) < 4.78 is 5.05. The molecule has 0 spiro atoms. The lowest BCUT2D eigenvalue weighted by atomic mass is 9.86. The maximum Gasteiger partial charge on any atom is 0.282 e. The Bertz CT molecular complexity index is 177. The zero-order valence-electron chi connectivity index (χ0n) is 7.42. The molecule has 1 aliphatic rings. The largest absolute Gasteiger partial charge is 0.465 e. The highest BCUT2D eigenvalue weighted by Gasteiger charge is 2.30. The van der Waals surface area contributed by atoms with Crippen LogP contribution in [0.3, 0.4) is 0 Å². The van der Waals surface area contributed by atoms with Gasteiger partial charge in [-0.25, -0.2) is 4.99 Å². The van der Waals surface area contributed by atoms with Gasteiger partial charge in [0.05, 0.1) is 12.1 Å². The van der Waals surface area contributed by atoms with Crippen molar-refractivity contribution in [1.29, 1.82) is 0 Å². The van der Waals surface area contributed by atoms with Crippen molar-refractivity contribution in [2.75, 3.05) is 6.61 Å². The number of nitrogens with two attached hydrogens (primary N) is 1. The number of hydrogen-bond donors (Lipinski definition) is 1. The van der Waals surface area contributed by atoms with Crippen molar-refractivity contribution in [3.05, 3.63) is 0 Å². The van der Waals surface area contributed by atoms with Gasteiger partial charge in [-0.05, 0) is 12.8 Å². The molecule has 0 saturated carbocycles. The van der Waals surface area contributed by atoms with E-state index in [1.54, 1.807) is 0 Å². The Labute approximate surface area is 67.6 Å². The molecule has 1 atom stereocenters. The van der Waals surface area contributed by atoms with Crippen LogP contribution in [0.15, 0.2) is 4.99 Å². The molecule has 2 N–H and O–H groups in total. The van der Waals surface area contributed by atoms with E-state index in [1.807, 2.05) is 0 Å². The van der Waals surface area contributed by atoms with Gasteiger partial charge in [0.2, 0.25) is 0 Å². The van der Waals surface area contributed by atoms with Gasteiger partial charge in [0.25, 0.3) is 6.02 Å². The van der Waals surface area contributed by atoms with Crippen molar-refractivity contribution < 1.29 is 4.74 Å². The van der Waals surface area contributed by atoms with Crippen molar-refractivity contribution >= 4 is 6.02 Å². The Morgan fingerprint density at radius 1 is 1.64 bits per heavy atom. The van der Waals surface area contributed by atoms with Gasteiger partial charge >= 0.3 is 0 Å². The quantitative estimate of drug-likeness (QED) is 0.618. The minimum Gasteiger partial charge on any atom is -0.465 e. The van der Waals surface area contributed by atoms with Crippen LogP contribution in [0.4, 0.5) is 0 Å². The molecule has 0 aromatic rings. The molecule has 0 radical (unpaired) electrons. The fourth-order valence-electron chi connectivity index (χ4n) is 1.12. The lowest BCUT2D eigenvalue weighted by Gasteiger charge is -2.32. The van der Waals surface area contributed by atoms with E-state index >= 15 is 0 Å². The van der Waals surface area contributed by atoms with Gasteiger partial charge in [0.15, 0.2) is 0 Å². The minimum atomic E-state index is -0.0116. The standard InChI is InChI=1S/C8H16N2O/c1-6(2)8(3)4-5-11-7(9)10-8/h6H,4-5H2,1-3H3,(H2,9,10). The Kier molecular flexibility index (Phi) is 2.07. The first kappa shape index (κ1) is 8.37. The summed E-state index contributed by atoms with van der Waals surface area (Å²) in [4.78, 5) is 4.29. The third-order valence-electron chi connectivity index (χ3n) is 2.47. The number of nitrogens with zero attached hydrogens (tertiary/aromatic N) is 1. The third-order valence-corrected chi connectivity index (χ3v) is 2.47. The van der Waals surface area contributed by atoms with Crippen LogP contribution >= 0.6 is 0 Å². The SMILES string of the molecule is CC(C)C1(C)CCOC(N)=N1. The molecule has 0 aromatic carbocycles. The first-order valence-corrected chi connectivity index (χ1v) is 4.03. The van der Waals surface area contributed by atoms with E-state index in [0.717, 1.165) is 6.42 Å². The van der Waals surface area contributed by atoms with E-state index in [2.05, 4.69) is 25.8 Å². The average Bonchev–Trinajstić information content (AvgIpc) is 1.86. The molecular formula is C8H16N2O. The molecule has 3 nitrogen and oxygen atoms in total. The van der Waals surface area contributed by atoms with Crippen LogP contribution < -0.4 is 5.73 Å². The van der Waals surface area contributed by atoms with Crippen LogP contribution in [-0.2, 0) is 4.74 Å². The van der Waals surface area contributed by atoms with Gasteiger partial charge in [-0.1, -0.05) is 13.8 Å². The molecule has 11 heavy (non-hydrogen) atoms. The molecule has 64 valence electrons. The van der Waals surface area contributed by atoms with Crippen LogP contribution in [0, 0.1) is 5.92 Å². The Balaban J connectivity index is 2.78. The zero-order valence-corrected chi connectivity index (χ0v) is 7.42. The highest BCUT2D eigenvalue weighted by Crippen LogP contribution is 2.27. The molecule has 0 aromatic heterocycles. The summed E-state index contributed by atoms with van der Waals surface area (Å²) in [5.74, 6) is 0.518. The molecule has 1 aliphatic heterocycles. The van der Waals surface area contributed by atoms with Crippen LogP contribution in [0.2, 0.25) is 0 Å². The second kappa shape index (κ2) is 2.72. The van der Waals surface area contributed by atoms with E-state index in [4.69, 9.17) is 10.5 Å². The first-order valence-electron chi connectivity index (χ1n) is 4.03. The maximum absolute atomic E-state index is 5.48. The average molecular weight is 156 g/mol. The summed E-state index contributed by atoms with van der Waals surface area (Å²) in [6.45, 7) is 7.13. The van der Waals surface area contributed by atoms with Gasteiger partial charge in [0, 0.05) is 6.42 Å². The van der Waals surface area contributed by atoms with Crippen LogP contribution in [-0.4, -0.2) is 18.2 Å². The van der Waals surface area contributed by atoms with Crippen molar-refractivity contribution in [1.82, 2.24) is 0 Å². The Morgan fingerprint density at radius 3 is 2.64 bits per heavy atom. The molecule has 0 aliphatic carbocycles. The van der Waals surface area contributed by atoms with E-state index in [0.29, 0.717) is 18.5 Å². The topological polar surface area (TPSA) is 47.6 Å². The summed E-state index contributed by atoms with van der Waals surface area (Å²) in [6, 6.07) is 0.340. The normalized spacial score (nSPS) is 31.5. The van der Waals surface area contributed by atoms with E-state index in [9.17, 15) is 0 Å². The van der Waals surface area contributed by atoms with Crippen molar-refractivity contribution in [2.45, 2.75) is 32.7 Å². The lowest BCUT2D eigenvalue weighted by molar-refractivity contribution is 0.185. The molecule has 1 heterocycles. The first-order chi connectivity index (χ1) is 5.04.